The van der Waals surface area contributed by atoms with E-state index < -0.39 is 16.1 Å². The van der Waals surface area contributed by atoms with Crippen molar-refractivity contribution in [1.29, 1.82) is 0 Å². The Morgan fingerprint density at radius 2 is 1.69 bits per heavy atom. The van der Waals surface area contributed by atoms with Gasteiger partial charge in [0.25, 0.3) is 0 Å². The molecule has 0 saturated heterocycles. The maximum atomic E-state index is 12.7. The number of benzene rings is 2. The molecule has 0 fully saturated rings. The molecule has 2 rings (SSSR count). The summed E-state index contributed by atoms with van der Waals surface area (Å²) in [6.07, 6.45) is 0. The molecule has 2 aromatic carbocycles. The predicted molar refractivity (Wildman–Crippen MR) is 99.0 cm³/mol. The van der Waals surface area contributed by atoms with Gasteiger partial charge in [-0.15, -0.1) is 0 Å². The van der Waals surface area contributed by atoms with Crippen LogP contribution in [0.4, 0.5) is 5.69 Å². The molecule has 2 N–H and O–H groups in total. The average Bonchev–Trinajstić information content (AvgIpc) is 2.60. The second kappa shape index (κ2) is 8.20. The van der Waals surface area contributed by atoms with E-state index in [-0.39, 0.29) is 16.5 Å². The summed E-state index contributed by atoms with van der Waals surface area (Å²) in [5, 5.41) is 2.56. The summed E-state index contributed by atoms with van der Waals surface area (Å²) in [5.41, 5.74) is 1.00. The van der Waals surface area contributed by atoms with E-state index in [0.29, 0.717) is 17.1 Å². The van der Waals surface area contributed by atoms with Crippen molar-refractivity contribution >= 4 is 21.6 Å². The van der Waals surface area contributed by atoms with E-state index in [4.69, 9.17) is 9.47 Å². The summed E-state index contributed by atoms with van der Waals surface area (Å²) in [6.45, 7) is 3.07. The van der Waals surface area contributed by atoms with Crippen molar-refractivity contribution in [2.45, 2.75) is 24.8 Å². The third-order valence-electron chi connectivity index (χ3n) is 3.73. The lowest BCUT2D eigenvalue weighted by molar-refractivity contribution is -0.114. The first-order valence-corrected chi connectivity index (χ1v) is 9.37. The molecule has 0 aliphatic carbocycles. The summed E-state index contributed by atoms with van der Waals surface area (Å²) in [4.78, 5) is 11.3. The van der Waals surface area contributed by atoms with E-state index in [0.717, 1.165) is 0 Å². The first-order chi connectivity index (χ1) is 12.3. The van der Waals surface area contributed by atoms with Crippen molar-refractivity contribution in [1.82, 2.24) is 4.72 Å². The Balaban J connectivity index is 2.33. The van der Waals surface area contributed by atoms with Gasteiger partial charge in [0.2, 0.25) is 15.9 Å². The summed E-state index contributed by atoms with van der Waals surface area (Å²) in [6, 6.07) is 10.9. The third kappa shape index (κ3) is 4.53. The Bertz CT molecular complexity index is 896. The number of anilines is 1. The van der Waals surface area contributed by atoms with Crippen molar-refractivity contribution in [3.63, 3.8) is 0 Å². The van der Waals surface area contributed by atoms with Crippen LogP contribution in [0, 0.1) is 0 Å². The molecule has 0 saturated carbocycles. The van der Waals surface area contributed by atoms with Crippen LogP contribution in [0.25, 0.3) is 0 Å². The molecule has 0 aromatic heterocycles. The molecule has 8 heteroatoms. The van der Waals surface area contributed by atoms with Crippen LogP contribution in [0.15, 0.2) is 47.4 Å². The van der Waals surface area contributed by atoms with Crippen LogP contribution in [0.5, 0.6) is 11.5 Å². The molecule has 0 heterocycles. The van der Waals surface area contributed by atoms with Crippen LogP contribution in [-0.2, 0) is 14.8 Å². The highest BCUT2D eigenvalue weighted by molar-refractivity contribution is 7.89. The second-order valence-electron chi connectivity index (χ2n) is 5.63. The van der Waals surface area contributed by atoms with Crippen LogP contribution in [0.2, 0.25) is 0 Å². The third-order valence-corrected chi connectivity index (χ3v) is 5.27. The summed E-state index contributed by atoms with van der Waals surface area (Å²) >= 11 is 0. The van der Waals surface area contributed by atoms with Crippen LogP contribution in [0.3, 0.4) is 0 Å². The van der Waals surface area contributed by atoms with Gasteiger partial charge < -0.3 is 14.8 Å². The molecular formula is C18H22N2O5S. The normalized spacial score (nSPS) is 12.3. The van der Waals surface area contributed by atoms with Gasteiger partial charge in [0.1, 0.15) is 11.5 Å². The maximum Gasteiger partial charge on any atom is 0.241 e. The zero-order valence-corrected chi connectivity index (χ0v) is 15.9. The molecule has 140 valence electrons. The van der Waals surface area contributed by atoms with Gasteiger partial charge in [0, 0.05) is 18.5 Å². The highest BCUT2D eigenvalue weighted by Crippen LogP contribution is 2.29. The minimum atomic E-state index is -3.83. The number of hydrogen-bond acceptors (Lipinski definition) is 5. The SMILES string of the molecule is COc1ccc(S(=O)(=O)N[C@H](C)c2ccccc2OC)cc1NC(C)=O. The Morgan fingerprint density at radius 1 is 1.04 bits per heavy atom. The van der Waals surface area contributed by atoms with Crippen LogP contribution >= 0.6 is 0 Å². The number of nitrogens with one attached hydrogen (secondary N) is 2. The minimum absolute atomic E-state index is 0.0174. The standard InChI is InChI=1S/C18H22N2O5S/c1-12(15-7-5-6-8-17(15)24-3)20-26(22,23)14-9-10-18(25-4)16(11-14)19-13(2)21/h5-12,20H,1-4H3,(H,19,21)/t12-/m1/s1. The van der Waals surface area contributed by atoms with E-state index in [1.807, 2.05) is 12.1 Å². The van der Waals surface area contributed by atoms with E-state index >= 15 is 0 Å². The van der Waals surface area contributed by atoms with Crippen molar-refractivity contribution < 1.29 is 22.7 Å². The van der Waals surface area contributed by atoms with Crippen molar-refractivity contribution in [3.05, 3.63) is 48.0 Å². The molecule has 1 atom stereocenters. The number of amides is 1. The van der Waals surface area contributed by atoms with Gasteiger partial charge in [-0.05, 0) is 31.2 Å². The quantitative estimate of drug-likeness (QED) is 0.773. The van der Waals surface area contributed by atoms with Gasteiger partial charge in [-0.3, -0.25) is 4.79 Å². The molecule has 0 aliphatic rings. The molecule has 26 heavy (non-hydrogen) atoms. The number of methoxy groups -OCH3 is 2. The molecule has 0 radical (unpaired) electrons. The summed E-state index contributed by atoms with van der Waals surface area (Å²) in [7, 11) is -0.856. The molecule has 0 unspecified atom stereocenters. The second-order valence-corrected chi connectivity index (χ2v) is 7.34. The van der Waals surface area contributed by atoms with E-state index in [1.54, 1.807) is 19.1 Å². The molecule has 0 spiro atoms. The fourth-order valence-electron chi connectivity index (χ4n) is 2.53. The topological polar surface area (TPSA) is 93.7 Å². The highest BCUT2D eigenvalue weighted by atomic mass is 32.2. The smallest absolute Gasteiger partial charge is 0.241 e. The Morgan fingerprint density at radius 3 is 2.31 bits per heavy atom. The van der Waals surface area contributed by atoms with Gasteiger partial charge in [-0.1, -0.05) is 18.2 Å². The fourth-order valence-corrected chi connectivity index (χ4v) is 3.78. The largest absolute Gasteiger partial charge is 0.496 e. The first kappa shape index (κ1) is 19.7. The van der Waals surface area contributed by atoms with Crippen LogP contribution in [-0.4, -0.2) is 28.5 Å². The minimum Gasteiger partial charge on any atom is -0.496 e. The zero-order valence-electron chi connectivity index (χ0n) is 15.1. The number of carbonyl (C=O) groups excluding carboxylic acids is 1. The fraction of sp³-hybridized carbons (Fsp3) is 0.278. The summed E-state index contributed by atoms with van der Waals surface area (Å²) in [5.74, 6) is 0.640. The number of rotatable bonds is 7. The van der Waals surface area contributed by atoms with Crippen LogP contribution in [0.1, 0.15) is 25.5 Å². The molecule has 7 nitrogen and oxygen atoms in total. The molecule has 2 aromatic rings. The van der Waals surface area contributed by atoms with Crippen LogP contribution < -0.4 is 19.5 Å². The van der Waals surface area contributed by atoms with E-state index in [2.05, 4.69) is 10.0 Å². The number of para-hydroxylation sites is 1. The van der Waals surface area contributed by atoms with E-state index in [1.165, 1.54) is 39.3 Å². The number of carbonyl (C=O) groups is 1. The van der Waals surface area contributed by atoms with Gasteiger partial charge in [0.05, 0.1) is 24.8 Å². The van der Waals surface area contributed by atoms with Gasteiger partial charge in [-0.2, -0.15) is 0 Å². The van der Waals surface area contributed by atoms with Gasteiger partial charge >= 0.3 is 0 Å². The highest BCUT2D eigenvalue weighted by Gasteiger charge is 2.22. The lowest BCUT2D eigenvalue weighted by Crippen LogP contribution is -2.27. The number of sulfonamides is 1. The van der Waals surface area contributed by atoms with Gasteiger partial charge in [-0.25, -0.2) is 13.1 Å². The molecule has 1 amide bonds. The number of ether oxygens (including phenoxy) is 2. The van der Waals surface area contributed by atoms with Crippen molar-refractivity contribution in [2.24, 2.45) is 0 Å². The number of hydrogen-bond donors (Lipinski definition) is 2. The predicted octanol–water partition coefficient (Wildman–Crippen LogP) is 2.70. The zero-order chi connectivity index (χ0) is 19.3. The van der Waals surface area contributed by atoms with Crippen molar-refractivity contribution in [2.75, 3.05) is 19.5 Å². The first-order valence-electron chi connectivity index (χ1n) is 7.89. The van der Waals surface area contributed by atoms with E-state index in [9.17, 15) is 13.2 Å². The Kier molecular flexibility index (Phi) is 6.23. The Labute approximate surface area is 153 Å². The van der Waals surface area contributed by atoms with Crippen molar-refractivity contribution in [3.8, 4) is 11.5 Å². The Hall–Kier alpha value is -2.58. The molecule has 0 bridgehead atoms. The average molecular weight is 378 g/mol. The summed E-state index contributed by atoms with van der Waals surface area (Å²) < 4.78 is 38.5. The lowest BCUT2D eigenvalue weighted by atomic mass is 10.1. The monoisotopic (exact) mass is 378 g/mol. The maximum absolute atomic E-state index is 12.7. The molecule has 0 aliphatic heterocycles. The molecular weight excluding hydrogens is 356 g/mol. The van der Waals surface area contributed by atoms with Gasteiger partial charge in [0.15, 0.2) is 0 Å². The lowest BCUT2D eigenvalue weighted by Gasteiger charge is -2.18.